The Hall–Kier alpha value is -2.90. The number of amides is 1. The van der Waals surface area contributed by atoms with E-state index in [1.54, 1.807) is 6.07 Å². The number of ether oxygens (including phenoxy) is 1. The molecule has 29 heavy (non-hydrogen) atoms. The van der Waals surface area contributed by atoms with Gasteiger partial charge in [0.1, 0.15) is 5.58 Å². The second-order valence-corrected chi connectivity index (χ2v) is 6.92. The highest BCUT2D eigenvalue weighted by Crippen LogP contribution is 2.39. The van der Waals surface area contributed by atoms with Crippen LogP contribution in [0.3, 0.4) is 0 Å². The number of benzene rings is 2. The summed E-state index contributed by atoms with van der Waals surface area (Å²) in [4.78, 5) is 16.9. The molecule has 4 aromatic rings. The number of furan rings is 1. The van der Waals surface area contributed by atoms with Crippen LogP contribution in [-0.2, 0) is 0 Å². The Balaban J connectivity index is 1.93. The van der Waals surface area contributed by atoms with Gasteiger partial charge >= 0.3 is 0 Å². The maximum absolute atomic E-state index is 13.2. The zero-order chi connectivity index (χ0) is 20.7. The minimum Gasteiger partial charge on any atom is -0.493 e. The number of carbonyl (C=O) groups is 1. The number of fused-ring (bicyclic) bond motifs is 3. The summed E-state index contributed by atoms with van der Waals surface area (Å²) in [6.07, 6.45) is 0.0190. The highest BCUT2D eigenvalue weighted by atomic mass is 35.5. The summed E-state index contributed by atoms with van der Waals surface area (Å²) < 4.78 is 37.5. The number of methoxy groups -OCH3 is 1. The normalized spacial score (nSPS) is 11.4. The molecule has 0 aliphatic rings. The molecule has 4 rings (SSSR count). The fraction of sp³-hybridized carbons (Fsp3) is 0.100. The molecule has 1 N–H and O–H groups in total. The molecule has 0 saturated carbocycles. The number of pyridine rings is 1. The Bertz CT molecular complexity index is 1240. The van der Waals surface area contributed by atoms with Crippen molar-refractivity contribution in [1.29, 1.82) is 0 Å². The van der Waals surface area contributed by atoms with Crippen molar-refractivity contribution >= 4 is 56.7 Å². The van der Waals surface area contributed by atoms with Crippen LogP contribution < -0.4 is 10.1 Å². The Labute approximate surface area is 173 Å². The summed E-state index contributed by atoms with van der Waals surface area (Å²) in [6, 6.07) is 7.09. The van der Waals surface area contributed by atoms with Crippen LogP contribution in [0.1, 0.15) is 22.3 Å². The fourth-order valence-electron chi connectivity index (χ4n) is 3.07. The molecule has 0 unspecified atom stereocenters. The summed E-state index contributed by atoms with van der Waals surface area (Å²) in [5, 5.41) is 3.68. The van der Waals surface area contributed by atoms with Gasteiger partial charge in [-0.05, 0) is 30.3 Å². The Kier molecular flexibility index (Phi) is 5.02. The number of hydrogen-bond donors (Lipinski definition) is 1. The average Bonchev–Trinajstić information content (AvgIpc) is 3.08. The van der Waals surface area contributed by atoms with Crippen LogP contribution >= 0.6 is 23.2 Å². The summed E-state index contributed by atoms with van der Waals surface area (Å²) >= 11 is 12.1. The largest absolute Gasteiger partial charge is 0.493 e. The third kappa shape index (κ3) is 3.36. The van der Waals surface area contributed by atoms with Gasteiger partial charge in [-0.25, -0.2) is 8.78 Å². The number of nitrogens with one attached hydrogen (secondary N) is 1. The third-order valence-electron chi connectivity index (χ3n) is 4.42. The second-order valence-electron chi connectivity index (χ2n) is 6.11. The topological polar surface area (TPSA) is 64.4 Å². The molecule has 5 nitrogen and oxygen atoms in total. The van der Waals surface area contributed by atoms with Crippen molar-refractivity contribution in [2.75, 3.05) is 12.4 Å². The van der Waals surface area contributed by atoms with E-state index in [0.29, 0.717) is 22.1 Å². The molecule has 1 amide bonds. The van der Waals surface area contributed by atoms with Gasteiger partial charge in [-0.3, -0.25) is 9.78 Å². The van der Waals surface area contributed by atoms with Gasteiger partial charge in [0.05, 0.1) is 28.4 Å². The van der Waals surface area contributed by atoms with E-state index in [1.165, 1.54) is 43.8 Å². The van der Waals surface area contributed by atoms with Gasteiger partial charge < -0.3 is 14.5 Å². The maximum atomic E-state index is 13.2. The summed E-state index contributed by atoms with van der Waals surface area (Å²) in [5.41, 5.74) is 0.819. The molecule has 0 aliphatic carbocycles. The van der Waals surface area contributed by atoms with Crippen molar-refractivity contribution < 1.29 is 22.7 Å². The van der Waals surface area contributed by atoms with E-state index in [0.717, 1.165) is 0 Å². The SMILES string of the molecule is COc1ccc(C(=O)Nc2c(Cl)cncc2Cl)c2c1oc1ccc(C(F)F)cc12. The van der Waals surface area contributed by atoms with Crippen LogP contribution in [0.4, 0.5) is 14.5 Å². The highest BCUT2D eigenvalue weighted by molar-refractivity contribution is 6.40. The van der Waals surface area contributed by atoms with Crippen molar-refractivity contribution in [1.82, 2.24) is 4.98 Å². The van der Waals surface area contributed by atoms with E-state index in [9.17, 15) is 13.6 Å². The van der Waals surface area contributed by atoms with E-state index in [4.69, 9.17) is 32.4 Å². The number of halogens is 4. The van der Waals surface area contributed by atoms with Gasteiger partial charge in [-0.2, -0.15) is 0 Å². The molecular weight excluding hydrogens is 425 g/mol. The van der Waals surface area contributed by atoms with Crippen molar-refractivity contribution in [3.8, 4) is 5.75 Å². The summed E-state index contributed by atoms with van der Waals surface area (Å²) in [7, 11) is 1.45. The molecule has 0 radical (unpaired) electrons. The van der Waals surface area contributed by atoms with Crippen LogP contribution in [0.15, 0.2) is 47.1 Å². The number of hydrogen-bond acceptors (Lipinski definition) is 4. The molecule has 0 fully saturated rings. The van der Waals surface area contributed by atoms with E-state index in [-0.39, 0.29) is 32.4 Å². The predicted octanol–water partition coefficient (Wildman–Crippen LogP) is 6.49. The van der Waals surface area contributed by atoms with Crippen LogP contribution in [0, 0.1) is 0 Å². The number of anilines is 1. The standard InChI is InChI=1S/C20H12Cl2F2N2O3/c1-28-15-5-3-10(20(27)26-17-12(21)7-25-8-13(17)22)16-11-6-9(19(23)24)2-4-14(11)29-18(15)16/h2-8,19H,1H3,(H,25,26,27). The Morgan fingerprint density at radius 1 is 1.17 bits per heavy atom. The number of carbonyl (C=O) groups excluding carboxylic acids is 1. The van der Waals surface area contributed by atoms with Crippen LogP contribution in [0.25, 0.3) is 21.9 Å². The fourth-order valence-corrected chi connectivity index (χ4v) is 3.53. The quantitative estimate of drug-likeness (QED) is 0.397. The zero-order valence-electron chi connectivity index (χ0n) is 14.8. The smallest absolute Gasteiger partial charge is 0.263 e. The van der Waals surface area contributed by atoms with Crippen molar-refractivity contribution in [2.45, 2.75) is 6.43 Å². The van der Waals surface area contributed by atoms with Gasteiger partial charge in [0.2, 0.25) is 0 Å². The first-order valence-corrected chi connectivity index (χ1v) is 9.08. The summed E-state index contributed by atoms with van der Waals surface area (Å²) in [6.45, 7) is 0. The number of alkyl halides is 2. The van der Waals surface area contributed by atoms with E-state index in [2.05, 4.69) is 10.3 Å². The molecular formula is C20H12Cl2F2N2O3. The van der Waals surface area contributed by atoms with Crippen molar-refractivity contribution in [2.24, 2.45) is 0 Å². The molecule has 2 aromatic carbocycles. The molecule has 0 atom stereocenters. The Morgan fingerprint density at radius 2 is 1.90 bits per heavy atom. The Morgan fingerprint density at radius 3 is 2.55 bits per heavy atom. The number of rotatable bonds is 4. The minimum atomic E-state index is -2.67. The average molecular weight is 437 g/mol. The van der Waals surface area contributed by atoms with Gasteiger partial charge in [0, 0.05) is 28.7 Å². The summed E-state index contributed by atoms with van der Waals surface area (Å²) in [5.74, 6) is -0.177. The van der Waals surface area contributed by atoms with E-state index >= 15 is 0 Å². The molecule has 148 valence electrons. The molecule has 0 aliphatic heterocycles. The number of aromatic nitrogens is 1. The molecule has 0 bridgehead atoms. The lowest BCUT2D eigenvalue weighted by Gasteiger charge is -2.10. The highest BCUT2D eigenvalue weighted by Gasteiger charge is 2.22. The van der Waals surface area contributed by atoms with Gasteiger partial charge in [-0.1, -0.05) is 23.2 Å². The lowest BCUT2D eigenvalue weighted by Crippen LogP contribution is -2.13. The van der Waals surface area contributed by atoms with Gasteiger partial charge in [0.15, 0.2) is 11.3 Å². The van der Waals surface area contributed by atoms with E-state index in [1.807, 2.05) is 0 Å². The molecule has 2 aromatic heterocycles. The van der Waals surface area contributed by atoms with Gasteiger partial charge in [-0.15, -0.1) is 0 Å². The first-order valence-electron chi connectivity index (χ1n) is 8.32. The zero-order valence-corrected chi connectivity index (χ0v) is 16.3. The van der Waals surface area contributed by atoms with Crippen molar-refractivity contribution in [3.63, 3.8) is 0 Å². The molecule has 0 saturated heterocycles. The predicted molar refractivity (Wildman–Crippen MR) is 107 cm³/mol. The first kappa shape index (κ1) is 19.4. The second kappa shape index (κ2) is 7.50. The first-order chi connectivity index (χ1) is 13.9. The van der Waals surface area contributed by atoms with Crippen LogP contribution in [0.2, 0.25) is 10.0 Å². The van der Waals surface area contributed by atoms with Crippen LogP contribution in [-0.4, -0.2) is 18.0 Å². The monoisotopic (exact) mass is 436 g/mol. The maximum Gasteiger partial charge on any atom is 0.263 e. The van der Waals surface area contributed by atoms with Gasteiger partial charge in [0.25, 0.3) is 12.3 Å². The van der Waals surface area contributed by atoms with Crippen LogP contribution in [0.5, 0.6) is 5.75 Å². The lowest BCUT2D eigenvalue weighted by atomic mass is 10.0. The molecule has 9 heteroatoms. The minimum absolute atomic E-state index is 0.160. The third-order valence-corrected chi connectivity index (χ3v) is 4.99. The van der Waals surface area contributed by atoms with E-state index < -0.39 is 12.3 Å². The van der Waals surface area contributed by atoms with Crippen molar-refractivity contribution in [3.05, 3.63) is 63.9 Å². The lowest BCUT2D eigenvalue weighted by molar-refractivity contribution is 0.102. The molecule has 2 heterocycles. The number of nitrogens with zero attached hydrogens (tertiary/aromatic N) is 1. The molecule has 0 spiro atoms.